The molecule has 2 rings (SSSR count). The fourth-order valence-electron chi connectivity index (χ4n) is 1.44. The molecule has 0 saturated heterocycles. The molecule has 0 fully saturated rings. The summed E-state index contributed by atoms with van der Waals surface area (Å²) < 4.78 is 41.4. The molecule has 1 N–H and O–H groups in total. The minimum absolute atomic E-state index is 0.187. The molecule has 0 atom stereocenters. The minimum atomic E-state index is -4.23. The van der Waals surface area contributed by atoms with Crippen LogP contribution in [0.25, 0.3) is 10.2 Å². The van der Waals surface area contributed by atoms with E-state index in [1.807, 2.05) is 6.92 Å². The number of halogens is 3. The molecule has 0 radical (unpaired) electrons. The summed E-state index contributed by atoms with van der Waals surface area (Å²) in [5, 5.41) is 5.35. The van der Waals surface area contributed by atoms with E-state index in [-0.39, 0.29) is 5.88 Å². The molecular weight excluding hydrogens is 279 g/mol. The Kier molecular flexibility index (Phi) is 4.08. The Bertz CT molecular complexity index is 556. The third kappa shape index (κ3) is 3.69. The molecule has 0 amide bonds. The molecule has 0 saturated carbocycles. The Balaban J connectivity index is 2.18. The fraction of sp³-hybridized carbons (Fsp3) is 0.455. The average molecular weight is 291 g/mol. The fourth-order valence-corrected chi connectivity index (χ4v) is 2.19. The van der Waals surface area contributed by atoms with Crippen LogP contribution in [-0.2, 0) is 0 Å². The number of anilines is 1. The summed E-state index contributed by atoms with van der Waals surface area (Å²) in [6.45, 7) is 2.06. The normalized spacial score (nSPS) is 11.8. The maximum atomic E-state index is 12.1. The minimum Gasteiger partial charge on any atom is -0.477 e. The smallest absolute Gasteiger partial charge is 0.392 e. The van der Waals surface area contributed by atoms with E-state index >= 15 is 0 Å². The van der Waals surface area contributed by atoms with Gasteiger partial charge in [-0.05, 0) is 18.4 Å². The number of thiophene rings is 1. The van der Waals surface area contributed by atoms with Gasteiger partial charge in [-0.2, -0.15) is 18.2 Å². The number of nitrogens with zero attached hydrogens (tertiary/aromatic N) is 2. The van der Waals surface area contributed by atoms with Crippen LogP contribution in [0.2, 0.25) is 0 Å². The Morgan fingerprint density at radius 3 is 2.84 bits per heavy atom. The van der Waals surface area contributed by atoms with Gasteiger partial charge in [0.1, 0.15) is 4.83 Å². The maximum Gasteiger partial charge on any atom is 0.392 e. The van der Waals surface area contributed by atoms with Crippen molar-refractivity contribution in [1.82, 2.24) is 9.97 Å². The lowest BCUT2D eigenvalue weighted by atomic mass is 10.4. The van der Waals surface area contributed by atoms with Crippen LogP contribution in [-0.4, -0.2) is 29.3 Å². The van der Waals surface area contributed by atoms with Gasteiger partial charge in [-0.15, -0.1) is 11.3 Å². The van der Waals surface area contributed by atoms with Crippen LogP contribution < -0.4 is 10.1 Å². The van der Waals surface area contributed by atoms with Crippen LogP contribution in [0, 0.1) is 0 Å². The first-order valence-electron chi connectivity index (χ1n) is 5.68. The second-order valence-corrected chi connectivity index (χ2v) is 4.63. The van der Waals surface area contributed by atoms with Crippen molar-refractivity contribution in [2.75, 3.05) is 18.5 Å². The van der Waals surface area contributed by atoms with Crippen LogP contribution in [0.1, 0.15) is 13.3 Å². The summed E-state index contributed by atoms with van der Waals surface area (Å²) in [5.74, 6) is 0.547. The number of alkyl halides is 3. The third-order valence-corrected chi connectivity index (χ3v) is 3.06. The number of hydrogen-bond acceptors (Lipinski definition) is 5. The second-order valence-electron chi connectivity index (χ2n) is 3.74. The highest BCUT2D eigenvalue weighted by molar-refractivity contribution is 7.16. The van der Waals surface area contributed by atoms with Crippen molar-refractivity contribution in [1.29, 1.82) is 0 Å². The van der Waals surface area contributed by atoms with Gasteiger partial charge in [-0.1, -0.05) is 0 Å². The molecule has 2 aromatic heterocycles. The highest BCUT2D eigenvalue weighted by atomic mass is 32.1. The Hall–Kier alpha value is -1.57. The predicted octanol–water partition coefficient (Wildman–Crippen LogP) is 3.45. The molecule has 0 aliphatic carbocycles. The first-order valence-corrected chi connectivity index (χ1v) is 6.56. The molecule has 4 nitrogen and oxygen atoms in total. The van der Waals surface area contributed by atoms with Crippen LogP contribution in [0.3, 0.4) is 0 Å². The summed E-state index contributed by atoms with van der Waals surface area (Å²) in [6.07, 6.45) is -5.23. The zero-order valence-corrected chi connectivity index (χ0v) is 10.9. The van der Waals surface area contributed by atoms with E-state index in [0.717, 1.165) is 0 Å². The van der Waals surface area contributed by atoms with Crippen molar-refractivity contribution in [3.8, 4) is 5.88 Å². The first-order chi connectivity index (χ1) is 8.99. The zero-order valence-electron chi connectivity index (χ0n) is 10.1. The van der Waals surface area contributed by atoms with Crippen LogP contribution in [0.15, 0.2) is 11.4 Å². The van der Waals surface area contributed by atoms with Gasteiger partial charge >= 0.3 is 6.18 Å². The highest BCUT2D eigenvalue weighted by Crippen LogP contribution is 2.29. The summed E-state index contributed by atoms with van der Waals surface area (Å²) in [6, 6.07) is 1.73. The molecule has 2 heterocycles. The van der Waals surface area contributed by atoms with E-state index in [1.54, 1.807) is 11.4 Å². The van der Waals surface area contributed by atoms with Gasteiger partial charge < -0.3 is 10.1 Å². The molecule has 0 bridgehead atoms. The molecule has 0 aliphatic rings. The Labute approximate surface area is 111 Å². The number of aromatic nitrogens is 2. The first kappa shape index (κ1) is 13.9. The van der Waals surface area contributed by atoms with Gasteiger partial charge in [0, 0.05) is 6.54 Å². The monoisotopic (exact) mass is 291 g/mol. The van der Waals surface area contributed by atoms with Crippen molar-refractivity contribution in [2.24, 2.45) is 0 Å². The molecule has 0 aliphatic heterocycles. The molecule has 8 heteroatoms. The van der Waals surface area contributed by atoms with Crippen molar-refractivity contribution < 1.29 is 17.9 Å². The number of ether oxygens (including phenoxy) is 1. The van der Waals surface area contributed by atoms with Crippen molar-refractivity contribution >= 4 is 27.5 Å². The second kappa shape index (κ2) is 5.60. The molecule has 0 unspecified atom stereocenters. The van der Waals surface area contributed by atoms with Crippen molar-refractivity contribution in [2.45, 2.75) is 19.5 Å². The molecule has 104 valence electrons. The Morgan fingerprint density at radius 1 is 1.37 bits per heavy atom. The van der Waals surface area contributed by atoms with Crippen molar-refractivity contribution in [3.63, 3.8) is 0 Å². The average Bonchev–Trinajstić information content (AvgIpc) is 2.76. The predicted molar refractivity (Wildman–Crippen MR) is 67.7 cm³/mol. The Morgan fingerprint density at radius 2 is 2.16 bits per heavy atom. The summed E-state index contributed by atoms with van der Waals surface area (Å²) in [4.78, 5) is 9.00. The van der Waals surface area contributed by atoms with Crippen LogP contribution in [0.4, 0.5) is 19.1 Å². The number of rotatable bonds is 5. The van der Waals surface area contributed by atoms with Gasteiger partial charge in [-0.3, -0.25) is 0 Å². The molecule has 2 aromatic rings. The topological polar surface area (TPSA) is 47.0 Å². The third-order valence-electron chi connectivity index (χ3n) is 2.25. The standard InChI is InChI=1S/C11H12F3N3OS/c1-2-15-10-16-8(18-5-4-11(12,13)14)7-3-6-19-9(7)17-10/h3,6H,2,4-5H2,1H3,(H,15,16,17). The van der Waals surface area contributed by atoms with Gasteiger partial charge in [0.05, 0.1) is 18.4 Å². The lowest BCUT2D eigenvalue weighted by molar-refractivity contribution is -0.139. The van der Waals surface area contributed by atoms with Gasteiger partial charge in [-0.25, -0.2) is 4.98 Å². The lowest BCUT2D eigenvalue weighted by Gasteiger charge is -2.10. The van der Waals surface area contributed by atoms with Gasteiger partial charge in [0.25, 0.3) is 0 Å². The molecule has 19 heavy (non-hydrogen) atoms. The van der Waals surface area contributed by atoms with E-state index in [9.17, 15) is 13.2 Å². The van der Waals surface area contributed by atoms with Gasteiger partial charge in [0.2, 0.25) is 11.8 Å². The maximum absolute atomic E-state index is 12.1. The van der Waals surface area contributed by atoms with E-state index in [1.165, 1.54) is 11.3 Å². The molecule has 0 spiro atoms. The van der Waals surface area contributed by atoms with E-state index in [0.29, 0.717) is 22.7 Å². The van der Waals surface area contributed by atoms with Crippen LogP contribution in [0.5, 0.6) is 5.88 Å². The van der Waals surface area contributed by atoms with Crippen LogP contribution >= 0.6 is 11.3 Å². The highest BCUT2D eigenvalue weighted by Gasteiger charge is 2.27. The largest absolute Gasteiger partial charge is 0.477 e. The zero-order chi connectivity index (χ0) is 13.9. The number of hydrogen-bond donors (Lipinski definition) is 1. The van der Waals surface area contributed by atoms with Gasteiger partial charge in [0.15, 0.2) is 0 Å². The lowest BCUT2D eigenvalue weighted by Crippen LogP contribution is -2.14. The summed E-state index contributed by atoms with van der Waals surface area (Å²) in [5.41, 5.74) is 0. The quantitative estimate of drug-likeness (QED) is 0.916. The number of fused-ring (bicyclic) bond motifs is 1. The van der Waals surface area contributed by atoms with E-state index < -0.39 is 19.2 Å². The summed E-state index contributed by atoms with van der Waals surface area (Å²) in [7, 11) is 0. The van der Waals surface area contributed by atoms with E-state index in [2.05, 4.69) is 15.3 Å². The SMILES string of the molecule is CCNc1nc(OCCC(F)(F)F)c2ccsc2n1. The number of nitrogens with one attached hydrogen (secondary N) is 1. The molecule has 0 aromatic carbocycles. The van der Waals surface area contributed by atoms with E-state index in [4.69, 9.17) is 4.74 Å². The summed E-state index contributed by atoms with van der Waals surface area (Å²) >= 11 is 1.39. The van der Waals surface area contributed by atoms with Crippen molar-refractivity contribution in [3.05, 3.63) is 11.4 Å². The molecular formula is C11H12F3N3OS.